The van der Waals surface area contributed by atoms with Crippen molar-refractivity contribution in [1.29, 1.82) is 0 Å². The first-order chi connectivity index (χ1) is 13.2. The lowest BCUT2D eigenvalue weighted by atomic mass is 10.2. The first-order valence-electron chi connectivity index (χ1n) is 8.07. The second-order valence-corrected chi connectivity index (χ2v) is 7.52. The Balaban J connectivity index is 1.52. The second-order valence-electron chi connectivity index (χ2n) is 5.62. The number of hydrogen-bond donors (Lipinski definition) is 3. The van der Waals surface area contributed by atoms with Gasteiger partial charge in [-0.1, -0.05) is 41.9 Å². The molecule has 2 heterocycles. The van der Waals surface area contributed by atoms with Gasteiger partial charge in [-0.15, -0.1) is 11.3 Å². The molecule has 27 heavy (non-hydrogen) atoms. The van der Waals surface area contributed by atoms with Gasteiger partial charge in [-0.25, -0.2) is 9.97 Å². The number of halogens is 1. The fourth-order valence-electron chi connectivity index (χ4n) is 2.50. The number of aromatic nitrogens is 2. The Hall–Kier alpha value is -2.74. The predicted octanol–water partition coefficient (Wildman–Crippen LogP) is 5.33. The van der Waals surface area contributed by atoms with Crippen molar-refractivity contribution in [3.8, 4) is 10.4 Å². The van der Waals surface area contributed by atoms with Crippen LogP contribution >= 0.6 is 35.2 Å². The molecule has 0 amide bonds. The number of hydrogen-bond acceptors (Lipinski definition) is 5. The number of para-hydroxylation sites is 1. The molecule has 0 unspecified atom stereocenters. The van der Waals surface area contributed by atoms with E-state index in [2.05, 4.69) is 26.1 Å². The minimum absolute atomic E-state index is 0.447. The van der Waals surface area contributed by atoms with Gasteiger partial charge in [0.2, 0.25) is 0 Å². The molecule has 4 rings (SSSR count). The summed E-state index contributed by atoms with van der Waals surface area (Å²) in [6, 6.07) is 19.5. The van der Waals surface area contributed by atoms with Gasteiger partial charge in [0.15, 0.2) is 10.9 Å². The summed E-state index contributed by atoms with van der Waals surface area (Å²) in [6.07, 6.45) is 1.53. The lowest BCUT2D eigenvalue weighted by Gasteiger charge is -2.12. The Labute approximate surface area is 170 Å². The molecule has 2 aromatic carbocycles. The topological polar surface area (TPSA) is 61.9 Å². The summed E-state index contributed by atoms with van der Waals surface area (Å²) in [5, 5.41) is 4.26. The third kappa shape index (κ3) is 4.16. The maximum absolute atomic E-state index is 5.98. The fraction of sp³-hybridized carbons (Fsp3) is 0. The van der Waals surface area contributed by atoms with Gasteiger partial charge in [-0.2, -0.15) is 0 Å². The van der Waals surface area contributed by atoms with Gasteiger partial charge in [-0.3, -0.25) is 10.9 Å². The highest BCUT2D eigenvalue weighted by atomic mass is 35.5. The van der Waals surface area contributed by atoms with E-state index in [1.54, 1.807) is 11.3 Å². The SMILES string of the molecule is S=C(NNc1ncnc2cc(-c3ccc(Cl)cc3)sc12)Nc1ccccc1. The number of fused-ring (bicyclic) bond motifs is 1. The van der Waals surface area contributed by atoms with E-state index in [0.29, 0.717) is 16.0 Å². The number of benzene rings is 2. The lowest BCUT2D eigenvalue weighted by molar-refractivity contribution is 1.09. The summed E-state index contributed by atoms with van der Waals surface area (Å²) in [7, 11) is 0. The Morgan fingerprint density at radius 2 is 1.78 bits per heavy atom. The maximum atomic E-state index is 5.98. The molecular formula is C19H14ClN5S2. The molecule has 0 atom stereocenters. The molecule has 0 saturated carbocycles. The molecule has 8 heteroatoms. The molecular weight excluding hydrogens is 398 g/mol. The summed E-state index contributed by atoms with van der Waals surface area (Å²) in [5.41, 5.74) is 8.89. The molecule has 3 N–H and O–H groups in total. The number of hydrazine groups is 1. The number of thiophene rings is 1. The first kappa shape index (κ1) is 17.7. The van der Waals surface area contributed by atoms with Crippen molar-refractivity contribution in [3.05, 3.63) is 72.0 Å². The fourth-order valence-corrected chi connectivity index (χ4v) is 3.86. The molecule has 0 aliphatic rings. The van der Waals surface area contributed by atoms with Crippen molar-refractivity contribution in [2.75, 3.05) is 10.7 Å². The molecule has 0 aliphatic carbocycles. The van der Waals surface area contributed by atoms with Crippen molar-refractivity contribution in [3.63, 3.8) is 0 Å². The maximum Gasteiger partial charge on any atom is 0.189 e. The molecule has 134 valence electrons. The molecule has 0 fully saturated rings. The van der Waals surface area contributed by atoms with Crippen LogP contribution in [0.15, 0.2) is 67.0 Å². The van der Waals surface area contributed by atoms with Crippen molar-refractivity contribution in [2.45, 2.75) is 0 Å². The van der Waals surface area contributed by atoms with Gasteiger partial charge in [0, 0.05) is 15.6 Å². The molecule has 0 spiro atoms. The third-order valence-electron chi connectivity index (χ3n) is 3.77. The Kier molecular flexibility index (Phi) is 5.15. The summed E-state index contributed by atoms with van der Waals surface area (Å²) in [6.45, 7) is 0. The first-order valence-corrected chi connectivity index (χ1v) is 9.68. The molecule has 0 aliphatic heterocycles. The van der Waals surface area contributed by atoms with Crippen LogP contribution in [-0.2, 0) is 0 Å². The monoisotopic (exact) mass is 411 g/mol. The van der Waals surface area contributed by atoms with Gasteiger partial charge < -0.3 is 5.32 Å². The van der Waals surface area contributed by atoms with Crippen LogP contribution in [0, 0.1) is 0 Å². The highest BCUT2D eigenvalue weighted by molar-refractivity contribution is 7.80. The van der Waals surface area contributed by atoms with E-state index in [1.807, 2.05) is 60.7 Å². The zero-order valence-electron chi connectivity index (χ0n) is 13.9. The molecule has 0 radical (unpaired) electrons. The Morgan fingerprint density at radius 3 is 2.56 bits per heavy atom. The van der Waals surface area contributed by atoms with E-state index in [1.165, 1.54) is 6.33 Å². The standard InChI is InChI=1S/C19H14ClN5S2/c20-13-8-6-12(7-9-13)16-10-15-17(27-16)18(22-11-21-15)24-25-19(26)23-14-4-2-1-3-5-14/h1-11H,(H,21,22,24)(H2,23,25,26). The minimum atomic E-state index is 0.447. The van der Waals surface area contributed by atoms with Gasteiger partial charge in [-0.05, 0) is 48.1 Å². The van der Waals surface area contributed by atoms with E-state index < -0.39 is 0 Å². The summed E-state index contributed by atoms with van der Waals surface area (Å²) in [5.74, 6) is 0.669. The minimum Gasteiger partial charge on any atom is -0.331 e. The van der Waals surface area contributed by atoms with E-state index in [4.69, 9.17) is 23.8 Å². The number of anilines is 2. The molecule has 0 bridgehead atoms. The van der Waals surface area contributed by atoms with E-state index in [9.17, 15) is 0 Å². The normalized spacial score (nSPS) is 10.6. The average Bonchev–Trinajstić information content (AvgIpc) is 3.12. The van der Waals surface area contributed by atoms with Crippen LogP contribution in [0.4, 0.5) is 11.5 Å². The van der Waals surface area contributed by atoms with Gasteiger partial charge in [0.05, 0.1) is 10.2 Å². The zero-order valence-corrected chi connectivity index (χ0v) is 16.3. The average molecular weight is 412 g/mol. The quantitative estimate of drug-likeness (QED) is 0.312. The highest BCUT2D eigenvalue weighted by Crippen LogP contribution is 2.35. The Morgan fingerprint density at radius 1 is 1.00 bits per heavy atom. The van der Waals surface area contributed by atoms with Crippen LogP contribution in [0.25, 0.3) is 20.7 Å². The van der Waals surface area contributed by atoms with E-state index in [0.717, 1.165) is 26.3 Å². The summed E-state index contributed by atoms with van der Waals surface area (Å²) < 4.78 is 0.942. The van der Waals surface area contributed by atoms with Crippen LogP contribution < -0.4 is 16.2 Å². The van der Waals surface area contributed by atoms with Crippen LogP contribution in [0.1, 0.15) is 0 Å². The molecule has 2 aromatic heterocycles. The molecule has 0 saturated heterocycles. The van der Waals surface area contributed by atoms with E-state index >= 15 is 0 Å². The largest absolute Gasteiger partial charge is 0.331 e. The summed E-state index contributed by atoms with van der Waals surface area (Å²) in [4.78, 5) is 9.77. The van der Waals surface area contributed by atoms with Gasteiger partial charge in [0.25, 0.3) is 0 Å². The number of rotatable bonds is 4. The van der Waals surface area contributed by atoms with Crippen LogP contribution in [0.3, 0.4) is 0 Å². The third-order valence-corrected chi connectivity index (χ3v) is 5.40. The lowest BCUT2D eigenvalue weighted by Crippen LogP contribution is -2.33. The second kappa shape index (κ2) is 7.87. The van der Waals surface area contributed by atoms with Crippen molar-refractivity contribution in [1.82, 2.24) is 15.4 Å². The van der Waals surface area contributed by atoms with Gasteiger partial charge >= 0.3 is 0 Å². The van der Waals surface area contributed by atoms with E-state index in [-0.39, 0.29) is 0 Å². The smallest absolute Gasteiger partial charge is 0.189 e. The zero-order chi connectivity index (χ0) is 18.6. The van der Waals surface area contributed by atoms with Crippen molar-refractivity contribution >= 4 is 62.0 Å². The van der Waals surface area contributed by atoms with Crippen molar-refractivity contribution in [2.24, 2.45) is 0 Å². The summed E-state index contributed by atoms with van der Waals surface area (Å²) >= 11 is 12.9. The van der Waals surface area contributed by atoms with Gasteiger partial charge in [0.1, 0.15) is 6.33 Å². The highest BCUT2D eigenvalue weighted by Gasteiger charge is 2.10. The number of nitrogens with one attached hydrogen (secondary N) is 3. The Bertz CT molecular complexity index is 1080. The number of thiocarbonyl (C=S) groups is 1. The van der Waals surface area contributed by atoms with Crippen LogP contribution in [-0.4, -0.2) is 15.1 Å². The molecule has 4 aromatic rings. The number of nitrogens with zero attached hydrogens (tertiary/aromatic N) is 2. The molecule has 5 nitrogen and oxygen atoms in total. The van der Waals surface area contributed by atoms with Crippen LogP contribution in [0.2, 0.25) is 5.02 Å². The van der Waals surface area contributed by atoms with Crippen molar-refractivity contribution < 1.29 is 0 Å². The van der Waals surface area contributed by atoms with Crippen LogP contribution in [0.5, 0.6) is 0 Å². The predicted molar refractivity (Wildman–Crippen MR) is 117 cm³/mol.